The normalized spacial score (nSPS) is 13.7. The molecule has 1 atom stereocenters. The molecule has 1 N–H and O–H groups in total. The van der Waals surface area contributed by atoms with Crippen LogP contribution in [0.4, 0.5) is 0 Å². The van der Waals surface area contributed by atoms with Crippen LogP contribution < -0.4 is 0 Å². The molecule has 0 spiro atoms. The van der Waals surface area contributed by atoms with Crippen LogP contribution in [0.3, 0.4) is 0 Å². The molecule has 0 aliphatic carbocycles. The van der Waals surface area contributed by atoms with Crippen molar-refractivity contribution in [1.29, 1.82) is 0 Å². The third kappa shape index (κ3) is 5.11. The van der Waals surface area contributed by atoms with E-state index in [4.69, 9.17) is 16.7 Å². The van der Waals surface area contributed by atoms with Crippen molar-refractivity contribution >= 4 is 17.6 Å². The average molecular weight is 208 g/mol. The summed E-state index contributed by atoms with van der Waals surface area (Å²) in [6.45, 7) is 7.47. The Morgan fingerprint density at radius 3 is 2.38 bits per heavy atom. The van der Waals surface area contributed by atoms with E-state index in [1.54, 1.807) is 0 Å². The van der Waals surface area contributed by atoms with E-state index in [0.29, 0.717) is 12.6 Å². The first-order valence-corrected chi connectivity index (χ1v) is 5.03. The van der Waals surface area contributed by atoms with Crippen molar-refractivity contribution in [3.8, 4) is 0 Å². The summed E-state index contributed by atoms with van der Waals surface area (Å²) < 4.78 is 0. The first kappa shape index (κ1) is 12.7. The van der Waals surface area contributed by atoms with E-state index in [2.05, 4.69) is 11.8 Å². The van der Waals surface area contributed by atoms with E-state index in [1.807, 2.05) is 13.8 Å². The molecular formula is C9H18ClNO2. The Morgan fingerprint density at radius 1 is 1.54 bits per heavy atom. The van der Waals surface area contributed by atoms with Crippen LogP contribution in [0, 0.1) is 0 Å². The largest absolute Gasteiger partial charge is 0.480 e. The summed E-state index contributed by atoms with van der Waals surface area (Å²) >= 11 is 5.65. The van der Waals surface area contributed by atoms with Crippen LogP contribution in [0.5, 0.6) is 0 Å². The first-order valence-electron chi connectivity index (χ1n) is 4.60. The Hall–Kier alpha value is -0.280. The molecule has 0 aliphatic rings. The lowest BCUT2D eigenvalue weighted by atomic mass is 10.2. The highest BCUT2D eigenvalue weighted by molar-refractivity contribution is 6.29. The molecule has 0 aromatic carbocycles. The van der Waals surface area contributed by atoms with Crippen LogP contribution in [0.15, 0.2) is 0 Å². The molecule has 0 aliphatic heterocycles. The predicted octanol–water partition coefficient (Wildman–Crippen LogP) is 1.80. The lowest BCUT2D eigenvalue weighted by molar-refractivity contribution is -0.137. The lowest BCUT2D eigenvalue weighted by Crippen LogP contribution is -2.38. The van der Waals surface area contributed by atoms with Gasteiger partial charge in [0.1, 0.15) is 5.38 Å². The molecule has 0 saturated heterocycles. The highest BCUT2D eigenvalue weighted by Gasteiger charge is 2.19. The van der Waals surface area contributed by atoms with E-state index in [1.165, 1.54) is 0 Å². The maximum Gasteiger partial charge on any atom is 0.322 e. The number of hydrogen-bond acceptors (Lipinski definition) is 2. The number of rotatable bonds is 6. The summed E-state index contributed by atoms with van der Waals surface area (Å²) in [4.78, 5) is 12.6. The molecule has 3 nitrogen and oxygen atoms in total. The van der Waals surface area contributed by atoms with Crippen molar-refractivity contribution in [2.24, 2.45) is 0 Å². The second kappa shape index (κ2) is 6.22. The second-order valence-corrected chi connectivity index (χ2v) is 3.92. The average Bonchev–Trinajstić information content (AvgIpc) is 2.03. The van der Waals surface area contributed by atoms with Gasteiger partial charge in [0.05, 0.1) is 0 Å². The number of carboxylic acid groups (broad SMARTS) is 1. The number of aliphatic carboxylic acids is 1. The molecule has 4 heteroatoms. The van der Waals surface area contributed by atoms with Gasteiger partial charge in [-0.05, 0) is 26.8 Å². The van der Waals surface area contributed by atoms with Crippen LogP contribution >= 0.6 is 11.6 Å². The molecule has 13 heavy (non-hydrogen) atoms. The zero-order valence-corrected chi connectivity index (χ0v) is 9.21. The summed E-state index contributed by atoms with van der Waals surface area (Å²) in [7, 11) is 0. The summed E-state index contributed by atoms with van der Waals surface area (Å²) in [6, 6.07) is 0.348. The molecule has 0 aromatic rings. The van der Waals surface area contributed by atoms with Gasteiger partial charge in [-0.25, -0.2) is 0 Å². The Bertz CT molecular complexity index is 162. The van der Waals surface area contributed by atoms with Gasteiger partial charge in [-0.1, -0.05) is 6.92 Å². The summed E-state index contributed by atoms with van der Waals surface area (Å²) in [5.41, 5.74) is 0. The second-order valence-electron chi connectivity index (χ2n) is 3.39. The SMILES string of the molecule is CCCN(CC(Cl)C(=O)O)C(C)C. The molecule has 0 heterocycles. The van der Waals surface area contributed by atoms with Crippen molar-refractivity contribution < 1.29 is 9.90 Å². The van der Waals surface area contributed by atoms with Crippen molar-refractivity contribution in [2.75, 3.05) is 13.1 Å². The predicted molar refractivity (Wildman–Crippen MR) is 54.3 cm³/mol. The summed E-state index contributed by atoms with van der Waals surface area (Å²) in [6.07, 6.45) is 1.02. The molecule has 0 saturated carbocycles. The highest BCUT2D eigenvalue weighted by atomic mass is 35.5. The minimum absolute atomic E-state index is 0.348. The van der Waals surface area contributed by atoms with Gasteiger partial charge in [0.25, 0.3) is 0 Å². The Morgan fingerprint density at radius 2 is 2.08 bits per heavy atom. The van der Waals surface area contributed by atoms with Crippen molar-refractivity contribution in [2.45, 2.75) is 38.6 Å². The zero-order chi connectivity index (χ0) is 10.4. The van der Waals surface area contributed by atoms with Gasteiger partial charge in [-0.15, -0.1) is 11.6 Å². The number of halogens is 1. The standard InChI is InChI=1S/C9H18ClNO2/c1-4-5-11(7(2)3)6-8(10)9(12)13/h7-8H,4-6H2,1-3H3,(H,12,13). The van der Waals surface area contributed by atoms with E-state index < -0.39 is 11.3 Å². The van der Waals surface area contributed by atoms with Crippen molar-refractivity contribution in [3.63, 3.8) is 0 Å². The molecule has 0 fully saturated rings. The summed E-state index contributed by atoms with van der Waals surface area (Å²) in [5, 5.41) is 7.83. The maximum absolute atomic E-state index is 10.5. The quantitative estimate of drug-likeness (QED) is 0.676. The number of hydrogen-bond donors (Lipinski definition) is 1. The molecule has 0 rings (SSSR count). The van der Waals surface area contributed by atoms with Crippen LogP contribution in [0.2, 0.25) is 0 Å². The molecular weight excluding hydrogens is 190 g/mol. The van der Waals surface area contributed by atoms with Crippen LogP contribution in [-0.4, -0.2) is 40.5 Å². The van der Waals surface area contributed by atoms with Gasteiger partial charge in [0, 0.05) is 12.6 Å². The van der Waals surface area contributed by atoms with E-state index in [-0.39, 0.29) is 0 Å². The number of carbonyl (C=O) groups is 1. The fourth-order valence-corrected chi connectivity index (χ4v) is 1.31. The lowest BCUT2D eigenvalue weighted by Gasteiger charge is -2.26. The molecule has 78 valence electrons. The number of alkyl halides is 1. The van der Waals surface area contributed by atoms with E-state index in [0.717, 1.165) is 13.0 Å². The van der Waals surface area contributed by atoms with Crippen LogP contribution in [0.25, 0.3) is 0 Å². The third-order valence-electron chi connectivity index (χ3n) is 1.90. The molecule has 0 bridgehead atoms. The summed E-state index contributed by atoms with van der Waals surface area (Å²) in [5.74, 6) is -0.941. The Balaban J connectivity index is 4.01. The molecule has 0 radical (unpaired) electrons. The number of carboxylic acids is 1. The van der Waals surface area contributed by atoms with Gasteiger partial charge in [-0.2, -0.15) is 0 Å². The number of nitrogens with zero attached hydrogens (tertiary/aromatic N) is 1. The minimum atomic E-state index is -0.941. The van der Waals surface area contributed by atoms with Crippen LogP contribution in [-0.2, 0) is 4.79 Å². The Kier molecular flexibility index (Phi) is 6.08. The monoisotopic (exact) mass is 207 g/mol. The zero-order valence-electron chi connectivity index (χ0n) is 8.46. The van der Waals surface area contributed by atoms with Gasteiger partial charge in [0.15, 0.2) is 0 Å². The maximum atomic E-state index is 10.5. The highest BCUT2D eigenvalue weighted by Crippen LogP contribution is 2.05. The fourth-order valence-electron chi connectivity index (χ4n) is 1.13. The van der Waals surface area contributed by atoms with Gasteiger partial charge >= 0.3 is 5.97 Å². The fraction of sp³-hybridized carbons (Fsp3) is 0.889. The van der Waals surface area contributed by atoms with Crippen molar-refractivity contribution in [1.82, 2.24) is 4.90 Å². The van der Waals surface area contributed by atoms with Gasteiger partial charge in [-0.3, -0.25) is 9.69 Å². The topological polar surface area (TPSA) is 40.5 Å². The van der Waals surface area contributed by atoms with E-state index in [9.17, 15) is 4.79 Å². The van der Waals surface area contributed by atoms with Gasteiger partial charge in [0.2, 0.25) is 0 Å². The first-order chi connectivity index (χ1) is 5.99. The van der Waals surface area contributed by atoms with Crippen LogP contribution in [0.1, 0.15) is 27.2 Å². The molecule has 1 unspecified atom stereocenters. The van der Waals surface area contributed by atoms with Crippen molar-refractivity contribution in [3.05, 3.63) is 0 Å². The molecule has 0 amide bonds. The minimum Gasteiger partial charge on any atom is -0.480 e. The smallest absolute Gasteiger partial charge is 0.322 e. The Labute approximate surface area is 84.7 Å². The van der Waals surface area contributed by atoms with E-state index >= 15 is 0 Å². The third-order valence-corrected chi connectivity index (χ3v) is 2.23. The molecule has 0 aromatic heterocycles. The van der Waals surface area contributed by atoms with Gasteiger partial charge < -0.3 is 5.11 Å².